The van der Waals surface area contributed by atoms with Gasteiger partial charge in [-0.2, -0.15) is 0 Å². The van der Waals surface area contributed by atoms with E-state index in [4.69, 9.17) is 0 Å². The van der Waals surface area contributed by atoms with Gasteiger partial charge in [0.1, 0.15) is 16.5 Å². The lowest BCUT2D eigenvalue weighted by Gasteiger charge is -2.25. The van der Waals surface area contributed by atoms with Crippen LogP contribution >= 0.6 is 11.3 Å². The first-order valence-corrected chi connectivity index (χ1v) is 9.03. The van der Waals surface area contributed by atoms with Crippen LogP contribution in [0, 0.1) is 13.8 Å². The van der Waals surface area contributed by atoms with Crippen LogP contribution in [0.15, 0.2) is 28.6 Å². The Balaban J connectivity index is 2.03. The van der Waals surface area contributed by atoms with Gasteiger partial charge in [0, 0.05) is 25.0 Å². The smallest absolute Gasteiger partial charge is 0.269 e. The van der Waals surface area contributed by atoms with E-state index in [1.807, 2.05) is 0 Å². The standard InChI is InChI=1S/C14H14N4O3S2/c1-8-6-12(17-9(2)16-8)15-7-11-13(19)14-10(4-5-22-14)18(3)23(11,20)21/h4-7H,1-3H3,(H,15,16,17)/b11-7+. The largest absolute Gasteiger partial charge is 0.345 e. The van der Waals surface area contributed by atoms with Crippen LogP contribution in [0.5, 0.6) is 0 Å². The molecule has 0 atom stereocenters. The summed E-state index contributed by atoms with van der Waals surface area (Å²) in [6.45, 7) is 3.54. The second kappa shape index (κ2) is 5.43. The van der Waals surface area contributed by atoms with Crippen LogP contribution in [0.25, 0.3) is 0 Å². The highest BCUT2D eigenvalue weighted by molar-refractivity contribution is 7.97. The van der Waals surface area contributed by atoms with Crippen molar-refractivity contribution >= 4 is 38.6 Å². The molecule has 3 heterocycles. The number of hydrogen-bond acceptors (Lipinski definition) is 7. The number of allylic oxidation sites excluding steroid dienone is 1. The molecule has 0 radical (unpaired) electrons. The number of aryl methyl sites for hydroxylation is 2. The lowest BCUT2D eigenvalue weighted by molar-refractivity contribution is 0.104. The molecule has 1 aliphatic rings. The molecule has 0 saturated heterocycles. The number of hydrogen-bond donors (Lipinski definition) is 1. The van der Waals surface area contributed by atoms with Gasteiger partial charge in [0.2, 0.25) is 5.78 Å². The fourth-order valence-electron chi connectivity index (χ4n) is 2.30. The zero-order chi connectivity index (χ0) is 16.8. The molecule has 1 N–H and O–H groups in total. The maximum atomic E-state index is 12.5. The average molecular weight is 350 g/mol. The minimum Gasteiger partial charge on any atom is -0.345 e. The molecule has 2 aromatic rings. The van der Waals surface area contributed by atoms with E-state index < -0.39 is 15.8 Å². The summed E-state index contributed by atoms with van der Waals surface area (Å²) < 4.78 is 26.1. The Morgan fingerprint density at radius 3 is 2.74 bits per heavy atom. The lowest BCUT2D eigenvalue weighted by atomic mass is 10.2. The van der Waals surface area contributed by atoms with Gasteiger partial charge in [0.15, 0.2) is 4.91 Å². The maximum Gasteiger partial charge on any atom is 0.269 e. The van der Waals surface area contributed by atoms with Crippen molar-refractivity contribution in [2.45, 2.75) is 13.8 Å². The number of nitrogens with zero attached hydrogens (tertiary/aromatic N) is 3. The molecule has 0 amide bonds. The quantitative estimate of drug-likeness (QED) is 0.834. The Kier molecular flexibility index (Phi) is 3.69. The number of nitrogens with one attached hydrogen (secondary N) is 1. The molecule has 3 rings (SSSR count). The van der Waals surface area contributed by atoms with Crippen LogP contribution in [0.4, 0.5) is 11.5 Å². The van der Waals surface area contributed by atoms with E-state index in [2.05, 4.69) is 15.3 Å². The Morgan fingerprint density at radius 2 is 2.04 bits per heavy atom. The summed E-state index contributed by atoms with van der Waals surface area (Å²) in [7, 11) is -2.45. The fraction of sp³-hybridized carbons (Fsp3) is 0.214. The van der Waals surface area contributed by atoms with Crippen molar-refractivity contribution < 1.29 is 13.2 Å². The number of rotatable bonds is 2. The van der Waals surface area contributed by atoms with Crippen molar-refractivity contribution in [3.63, 3.8) is 0 Å². The highest BCUT2D eigenvalue weighted by atomic mass is 32.2. The van der Waals surface area contributed by atoms with Crippen molar-refractivity contribution in [2.75, 3.05) is 16.7 Å². The zero-order valence-corrected chi connectivity index (χ0v) is 14.3. The van der Waals surface area contributed by atoms with Gasteiger partial charge >= 0.3 is 0 Å². The lowest BCUT2D eigenvalue weighted by Crippen LogP contribution is -2.35. The first-order chi connectivity index (χ1) is 10.8. The Hall–Kier alpha value is -2.26. The fourth-order valence-corrected chi connectivity index (χ4v) is 4.55. The molecule has 0 aromatic carbocycles. The number of thiophene rings is 1. The van der Waals surface area contributed by atoms with Gasteiger partial charge < -0.3 is 5.32 Å². The van der Waals surface area contributed by atoms with Crippen LogP contribution in [-0.2, 0) is 10.0 Å². The summed E-state index contributed by atoms with van der Waals surface area (Å²) in [5.74, 6) is 0.481. The number of aromatic nitrogens is 2. The van der Waals surface area contributed by atoms with Crippen LogP contribution < -0.4 is 9.62 Å². The van der Waals surface area contributed by atoms with Gasteiger partial charge in [0.25, 0.3) is 10.0 Å². The third-order valence-corrected chi connectivity index (χ3v) is 6.05. The van der Waals surface area contributed by atoms with Crippen LogP contribution in [-0.4, -0.2) is 31.2 Å². The summed E-state index contributed by atoms with van der Waals surface area (Å²) in [4.78, 5) is 20.9. The molecule has 9 heteroatoms. The van der Waals surface area contributed by atoms with Crippen LogP contribution in [0.3, 0.4) is 0 Å². The molecule has 0 bridgehead atoms. The maximum absolute atomic E-state index is 12.5. The number of ketones is 1. The van der Waals surface area contributed by atoms with Crippen molar-refractivity contribution in [1.29, 1.82) is 0 Å². The summed E-state index contributed by atoms with van der Waals surface area (Å²) in [6.07, 6.45) is 1.19. The minimum absolute atomic E-state index is 0.302. The van der Waals surface area contributed by atoms with Gasteiger partial charge in [-0.05, 0) is 25.3 Å². The zero-order valence-electron chi connectivity index (χ0n) is 12.7. The SMILES string of the molecule is Cc1cc(N/C=C2\C(=O)c3sccc3N(C)S2(=O)=O)nc(C)n1. The average Bonchev–Trinajstić information content (AvgIpc) is 2.93. The second-order valence-electron chi connectivity index (χ2n) is 5.03. The monoisotopic (exact) mass is 350 g/mol. The van der Waals surface area contributed by atoms with Gasteiger partial charge in [0.05, 0.1) is 5.69 Å². The molecule has 0 unspecified atom stereocenters. The van der Waals surface area contributed by atoms with E-state index in [1.165, 1.54) is 24.6 Å². The van der Waals surface area contributed by atoms with Crippen LogP contribution in [0.1, 0.15) is 21.2 Å². The molecular formula is C14H14N4O3S2. The van der Waals surface area contributed by atoms with Gasteiger partial charge in [-0.3, -0.25) is 9.10 Å². The number of carbonyl (C=O) groups is 1. The third-order valence-electron chi connectivity index (χ3n) is 3.37. The summed E-state index contributed by atoms with van der Waals surface area (Å²) in [5, 5.41) is 4.49. The minimum atomic E-state index is -3.88. The van der Waals surface area contributed by atoms with Crippen molar-refractivity contribution in [2.24, 2.45) is 0 Å². The molecule has 23 heavy (non-hydrogen) atoms. The third kappa shape index (κ3) is 2.62. The summed E-state index contributed by atoms with van der Waals surface area (Å²) in [5.41, 5.74) is 1.15. The van der Waals surface area contributed by atoms with Crippen LogP contribution in [0.2, 0.25) is 0 Å². The number of sulfonamides is 1. The molecule has 0 aliphatic carbocycles. The molecule has 120 valence electrons. The summed E-state index contributed by atoms with van der Waals surface area (Å²) >= 11 is 1.22. The predicted octanol–water partition coefficient (Wildman–Crippen LogP) is 2.07. The Labute approximate surface area is 137 Å². The summed E-state index contributed by atoms with van der Waals surface area (Å²) in [6, 6.07) is 3.29. The van der Waals surface area contributed by atoms with E-state index in [-0.39, 0.29) is 4.91 Å². The number of fused-ring (bicyclic) bond motifs is 1. The molecule has 0 fully saturated rings. The first kappa shape index (κ1) is 15.6. The second-order valence-corrected chi connectivity index (χ2v) is 7.89. The molecule has 0 saturated carbocycles. The molecule has 1 aliphatic heterocycles. The van der Waals surface area contributed by atoms with Crippen molar-refractivity contribution in [3.05, 3.63) is 45.0 Å². The highest BCUT2D eigenvalue weighted by Gasteiger charge is 2.39. The Morgan fingerprint density at radius 1 is 1.30 bits per heavy atom. The normalized spacial score (nSPS) is 18.1. The van der Waals surface area contributed by atoms with Gasteiger partial charge in [-0.25, -0.2) is 18.4 Å². The molecular weight excluding hydrogens is 336 g/mol. The molecule has 7 nitrogen and oxygen atoms in total. The predicted molar refractivity (Wildman–Crippen MR) is 89.2 cm³/mol. The first-order valence-electron chi connectivity index (χ1n) is 6.71. The number of Topliss-reactive ketones (excluding diaryl/α,β-unsaturated/α-hetero) is 1. The van der Waals surface area contributed by atoms with Crippen molar-refractivity contribution in [1.82, 2.24) is 9.97 Å². The van der Waals surface area contributed by atoms with Gasteiger partial charge in [-0.15, -0.1) is 11.3 Å². The van der Waals surface area contributed by atoms with E-state index in [0.717, 1.165) is 10.00 Å². The molecule has 2 aromatic heterocycles. The number of carbonyl (C=O) groups excluding carboxylic acids is 1. The van der Waals surface area contributed by atoms with Gasteiger partial charge in [-0.1, -0.05) is 0 Å². The van der Waals surface area contributed by atoms with E-state index >= 15 is 0 Å². The van der Waals surface area contributed by atoms with E-state index in [1.54, 1.807) is 31.4 Å². The Bertz CT molecular complexity index is 911. The van der Waals surface area contributed by atoms with Crippen molar-refractivity contribution in [3.8, 4) is 0 Å². The number of anilines is 2. The van der Waals surface area contributed by atoms with E-state index in [0.29, 0.717) is 22.2 Å². The topological polar surface area (TPSA) is 92.3 Å². The molecule has 0 spiro atoms. The van der Waals surface area contributed by atoms with E-state index in [9.17, 15) is 13.2 Å². The highest BCUT2D eigenvalue weighted by Crippen LogP contribution is 2.37.